The highest BCUT2D eigenvalue weighted by atomic mass is 16.6. The van der Waals surface area contributed by atoms with Gasteiger partial charge < -0.3 is 14.2 Å². The Kier molecular flexibility index (Phi) is 34.1. The van der Waals surface area contributed by atoms with Gasteiger partial charge >= 0.3 is 17.9 Å². The summed E-state index contributed by atoms with van der Waals surface area (Å²) in [5.41, 5.74) is 0. The maximum Gasteiger partial charge on any atom is 0.306 e. The first kappa shape index (κ1) is 46.4. The third kappa shape index (κ3) is 34.3. The number of unbranched alkanes of at least 4 members (excludes halogenated alkanes) is 20. The summed E-state index contributed by atoms with van der Waals surface area (Å²) in [4.78, 5) is 37.5. The molecule has 0 aliphatic carbocycles. The van der Waals surface area contributed by atoms with Gasteiger partial charge in [-0.15, -0.1) is 0 Å². The van der Waals surface area contributed by atoms with Gasteiger partial charge in [0.05, 0.1) is 0 Å². The third-order valence-corrected chi connectivity index (χ3v) is 9.58. The van der Waals surface area contributed by atoms with Gasteiger partial charge in [-0.3, -0.25) is 14.4 Å². The van der Waals surface area contributed by atoms with Crippen molar-refractivity contribution in [3.8, 4) is 0 Å². The van der Waals surface area contributed by atoms with Gasteiger partial charge in [-0.25, -0.2) is 0 Å². The van der Waals surface area contributed by atoms with Gasteiger partial charge in [-0.1, -0.05) is 182 Å². The first-order valence-electron chi connectivity index (χ1n) is 20.8. The zero-order valence-corrected chi connectivity index (χ0v) is 32.6. The maximum atomic E-state index is 12.6. The first-order valence-corrected chi connectivity index (χ1v) is 20.8. The average Bonchev–Trinajstić information content (AvgIpc) is 3.06. The van der Waals surface area contributed by atoms with Crippen LogP contribution in [0, 0.1) is 11.8 Å². The molecule has 0 aromatic heterocycles. The van der Waals surface area contributed by atoms with Gasteiger partial charge in [-0.05, 0) is 31.1 Å². The molecule has 284 valence electrons. The largest absolute Gasteiger partial charge is 0.462 e. The van der Waals surface area contributed by atoms with Gasteiger partial charge in [0, 0.05) is 19.3 Å². The molecular weight excluding hydrogens is 600 g/mol. The molecule has 2 atom stereocenters. The van der Waals surface area contributed by atoms with Crippen LogP contribution in [0.25, 0.3) is 0 Å². The molecule has 48 heavy (non-hydrogen) atoms. The molecule has 0 saturated carbocycles. The fourth-order valence-electron chi connectivity index (χ4n) is 6.01. The Labute approximate surface area is 298 Å². The van der Waals surface area contributed by atoms with E-state index in [1.54, 1.807) is 0 Å². The molecule has 6 nitrogen and oxygen atoms in total. The molecule has 0 heterocycles. The molecule has 0 aromatic rings. The van der Waals surface area contributed by atoms with E-state index in [1.807, 2.05) is 0 Å². The summed E-state index contributed by atoms with van der Waals surface area (Å²) >= 11 is 0. The van der Waals surface area contributed by atoms with E-state index in [9.17, 15) is 14.4 Å². The van der Waals surface area contributed by atoms with E-state index in [2.05, 4.69) is 34.6 Å². The molecule has 0 N–H and O–H groups in total. The molecular formula is C42H80O6. The number of rotatable bonds is 36. The van der Waals surface area contributed by atoms with Crippen LogP contribution in [-0.2, 0) is 28.6 Å². The van der Waals surface area contributed by atoms with Crippen LogP contribution in [0.4, 0.5) is 0 Å². The van der Waals surface area contributed by atoms with E-state index in [-0.39, 0.29) is 31.1 Å². The van der Waals surface area contributed by atoms with Crippen LogP contribution in [0.15, 0.2) is 0 Å². The molecule has 0 fully saturated rings. The fourth-order valence-corrected chi connectivity index (χ4v) is 6.01. The number of carbonyl (C=O) groups excluding carboxylic acids is 3. The maximum absolute atomic E-state index is 12.6. The molecule has 0 aliphatic rings. The van der Waals surface area contributed by atoms with Crippen molar-refractivity contribution in [2.75, 3.05) is 13.2 Å². The molecule has 6 heteroatoms. The second-order valence-corrected chi connectivity index (χ2v) is 15.0. The van der Waals surface area contributed by atoms with E-state index < -0.39 is 6.10 Å². The Morgan fingerprint density at radius 2 is 0.792 bits per heavy atom. The minimum absolute atomic E-state index is 0.0668. The predicted molar refractivity (Wildman–Crippen MR) is 201 cm³/mol. The minimum atomic E-state index is -0.759. The van der Waals surface area contributed by atoms with Gasteiger partial charge in [-0.2, -0.15) is 0 Å². The Balaban J connectivity index is 4.36. The molecule has 0 saturated heterocycles. The van der Waals surface area contributed by atoms with Crippen molar-refractivity contribution in [1.29, 1.82) is 0 Å². The molecule has 0 rings (SSSR count). The molecule has 0 aromatic carbocycles. The Morgan fingerprint density at radius 3 is 1.19 bits per heavy atom. The van der Waals surface area contributed by atoms with Crippen LogP contribution in [0.2, 0.25) is 0 Å². The second kappa shape index (κ2) is 35.2. The zero-order valence-electron chi connectivity index (χ0n) is 32.6. The minimum Gasteiger partial charge on any atom is -0.462 e. The molecule has 0 radical (unpaired) electrons. The lowest BCUT2D eigenvalue weighted by molar-refractivity contribution is -0.167. The standard InChI is InChI=1S/C42H80O6/c1-6-8-9-10-11-12-16-22-27-32-40(43)46-35-39(36-47-41(44)33-28-23-19-18-20-25-30-37(3)4)48-42(45)34-29-24-17-14-13-15-21-26-31-38(5)7-2/h37-39H,6-36H2,1-5H3/t38?,39-/m1/s1. The van der Waals surface area contributed by atoms with Crippen molar-refractivity contribution in [1.82, 2.24) is 0 Å². The number of carbonyl (C=O) groups is 3. The van der Waals surface area contributed by atoms with Crippen LogP contribution in [0.3, 0.4) is 0 Å². The lowest BCUT2D eigenvalue weighted by Crippen LogP contribution is -2.30. The quantitative estimate of drug-likeness (QED) is 0.0372. The topological polar surface area (TPSA) is 78.9 Å². The van der Waals surface area contributed by atoms with E-state index in [1.165, 1.54) is 109 Å². The van der Waals surface area contributed by atoms with Crippen LogP contribution >= 0.6 is 0 Å². The van der Waals surface area contributed by atoms with Crippen molar-refractivity contribution in [3.05, 3.63) is 0 Å². The molecule has 0 amide bonds. The smallest absolute Gasteiger partial charge is 0.306 e. The lowest BCUT2D eigenvalue weighted by atomic mass is 9.99. The monoisotopic (exact) mass is 681 g/mol. The molecule has 0 spiro atoms. The number of hydrogen-bond acceptors (Lipinski definition) is 6. The summed E-state index contributed by atoms with van der Waals surface area (Å²) in [6.07, 6.45) is 31.0. The highest BCUT2D eigenvalue weighted by molar-refractivity contribution is 5.71. The number of hydrogen-bond donors (Lipinski definition) is 0. The van der Waals surface area contributed by atoms with Crippen molar-refractivity contribution >= 4 is 17.9 Å². The van der Waals surface area contributed by atoms with Crippen LogP contribution in [0.1, 0.15) is 221 Å². The number of ether oxygens (including phenoxy) is 3. The first-order chi connectivity index (χ1) is 23.3. The summed E-state index contributed by atoms with van der Waals surface area (Å²) in [5, 5.41) is 0. The molecule has 0 aliphatic heterocycles. The predicted octanol–water partition coefficient (Wildman–Crippen LogP) is 12.6. The van der Waals surface area contributed by atoms with Crippen molar-refractivity contribution < 1.29 is 28.6 Å². The normalized spacial score (nSPS) is 12.6. The molecule has 0 bridgehead atoms. The summed E-state index contributed by atoms with van der Waals surface area (Å²) in [7, 11) is 0. The summed E-state index contributed by atoms with van der Waals surface area (Å²) in [6.45, 7) is 11.2. The summed E-state index contributed by atoms with van der Waals surface area (Å²) in [6, 6.07) is 0. The van der Waals surface area contributed by atoms with E-state index >= 15 is 0 Å². The Bertz CT molecular complexity index is 736. The van der Waals surface area contributed by atoms with Crippen LogP contribution in [0.5, 0.6) is 0 Å². The highest BCUT2D eigenvalue weighted by Gasteiger charge is 2.19. The number of esters is 3. The Morgan fingerprint density at radius 1 is 0.438 bits per heavy atom. The summed E-state index contributed by atoms with van der Waals surface area (Å²) < 4.78 is 16.6. The van der Waals surface area contributed by atoms with Gasteiger partial charge in [0.15, 0.2) is 6.10 Å². The van der Waals surface area contributed by atoms with E-state index in [0.29, 0.717) is 19.3 Å². The Hall–Kier alpha value is -1.59. The van der Waals surface area contributed by atoms with Crippen molar-refractivity contribution in [2.24, 2.45) is 11.8 Å². The third-order valence-electron chi connectivity index (χ3n) is 9.58. The second-order valence-electron chi connectivity index (χ2n) is 15.0. The lowest BCUT2D eigenvalue weighted by Gasteiger charge is -2.18. The van der Waals surface area contributed by atoms with Crippen LogP contribution in [-0.4, -0.2) is 37.2 Å². The van der Waals surface area contributed by atoms with E-state index in [0.717, 1.165) is 69.6 Å². The SMILES string of the molecule is CCCCCCCCCCCC(=O)OC[C@H](COC(=O)CCCCCCCCC(C)C)OC(=O)CCCCCCCCCCC(C)CC. The van der Waals surface area contributed by atoms with Crippen molar-refractivity contribution in [2.45, 2.75) is 227 Å². The summed E-state index contributed by atoms with van der Waals surface area (Å²) in [5.74, 6) is 0.737. The van der Waals surface area contributed by atoms with Gasteiger partial charge in [0.2, 0.25) is 0 Å². The molecule has 1 unspecified atom stereocenters. The van der Waals surface area contributed by atoms with E-state index in [4.69, 9.17) is 14.2 Å². The zero-order chi connectivity index (χ0) is 35.5. The highest BCUT2D eigenvalue weighted by Crippen LogP contribution is 2.16. The average molecular weight is 681 g/mol. The van der Waals surface area contributed by atoms with Crippen molar-refractivity contribution in [3.63, 3.8) is 0 Å². The van der Waals surface area contributed by atoms with Gasteiger partial charge in [0.1, 0.15) is 13.2 Å². The fraction of sp³-hybridized carbons (Fsp3) is 0.929. The van der Waals surface area contributed by atoms with Crippen LogP contribution < -0.4 is 0 Å². The van der Waals surface area contributed by atoms with Gasteiger partial charge in [0.25, 0.3) is 0 Å².